The summed E-state index contributed by atoms with van der Waals surface area (Å²) >= 11 is 0. The van der Waals surface area contributed by atoms with Gasteiger partial charge in [0.25, 0.3) is 0 Å². The Labute approximate surface area is 177 Å². The lowest BCUT2D eigenvalue weighted by Gasteiger charge is -2.08. The topological polar surface area (TPSA) is 55.5 Å². The van der Waals surface area contributed by atoms with Gasteiger partial charge in [0.1, 0.15) is 11.5 Å². The normalized spacial score (nSPS) is 12.2. The van der Waals surface area contributed by atoms with Gasteiger partial charge < -0.3 is 14.3 Å². The molecule has 1 heterocycles. The van der Waals surface area contributed by atoms with Crippen molar-refractivity contribution in [1.29, 1.82) is 0 Å². The molecule has 3 aromatic rings. The van der Waals surface area contributed by atoms with Gasteiger partial charge in [-0.2, -0.15) is 0 Å². The number of allylic oxidation sites excluding steroid dienone is 5. The van der Waals surface area contributed by atoms with Crippen molar-refractivity contribution in [2.24, 2.45) is 0 Å². The van der Waals surface area contributed by atoms with E-state index < -0.39 is 0 Å². The lowest BCUT2D eigenvalue weighted by atomic mass is 10.1. The number of aromatic nitrogens is 1. The van der Waals surface area contributed by atoms with Crippen LogP contribution in [0.15, 0.2) is 89.4 Å². The van der Waals surface area contributed by atoms with E-state index in [1.54, 1.807) is 6.08 Å². The number of ether oxygens (including phenoxy) is 1. The number of rotatable bonds is 9. The Hall–Kier alpha value is -3.37. The number of oxazole rings is 1. The Morgan fingerprint density at radius 1 is 1.07 bits per heavy atom. The molecule has 0 spiro atoms. The first kappa shape index (κ1) is 21.3. The van der Waals surface area contributed by atoms with Gasteiger partial charge in [0, 0.05) is 12.0 Å². The largest absolute Gasteiger partial charge is 0.493 e. The Morgan fingerprint density at radius 2 is 1.90 bits per heavy atom. The lowest BCUT2D eigenvalue weighted by molar-refractivity contribution is 0.320. The van der Waals surface area contributed by atoms with Gasteiger partial charge in [-0.1, -0.05) is 60.7 Å². The number of aliphatic hydroxyl groups excluding tert-OH is 1. The third-order valence-corrected chi connectivity index (χ3v) is 4.62. The van der Waals surface area contributed by atoms with Crippen molar-refractivity contribution in [1.82, 2.24) is 4.98 Å². The summed E-state index contributed by atoms with van der Waals surface area (Å²) in [6.07, 6.45) is 10.1. The fraction of sp³-hybridized carbons (Fsp3) is 0.192. The van der Waals surface area contributed by atoms with Crippen LogP contribution in [0.2, 0.25) is 0 Å². The van der Waals surface area contributed by atoms with Gasteiger partial charge >= 0.3 is 0 Å². The first-order valence-corrected chi connectivity index (χ1v) is 10.0. The van der Waals surface area contributed by atoms with Crippen LogP contribution in [0.4, 0.5) is 0 Å². The third kappa shape index (κ3) is 6.06. The van der Waals surface area contributed by atoms with Crippen LogP contribution in [-0.2, 0) is 6.42 Å². The highest BCUT2D eigenvalue weighted by atomic mass is 16.5. The summed E-state index contributed by atoms with van der Waals surface area (Å²) in [7, 11) is 0. The zero-order valence-electron chi connectivity index (χ0n) is 17.4. The zero-order chi connectivity index (χ0) is 21.2. The molecule has 154 valence electrons. The molecule has 4 nitrogen and oxygen atoms in total. The summed E-state index contributed by atoms with van der Waals surface area (Å²) < 4.78 is 11.8. The minimum atomic E-state index is 0.0495. The summed E-state index contributed by atoms with van der Waals surface area (Å²) in [5.41, 5.74) is 4.13. The number of hydrogen-bond donors (Lipinski definition) is 1. The van der Waals surface area contributed by atoms with E-state index in [9.17, 15) is 0 Å². The Balaban J connectivity index is 1.59. The van der Waals surface area contributed by atoms with E-state index >= 15 is 0 Å². The molecule has 4 heteroatoms. The fourth-order valence-corrected chi connectivity index (χ4v) is 2.96. The Morgan fingerprint density at radius 3 is 2.70 bits per heavy atom. The average molecular weight is 402 g/mol. The van der Waals surface area contributed by atoms with Gasteiger partial charge in [-0.15, -0.1) is 0 Å². The fourth-order valence-electron chi connectivity index (χ4n) is 2.96. The molecule has 0 saturated carbocycles. The second kappa shape index (κ2) is 11.0. The van der Waals surface area contributed by atoms with Gasteiger partial charge in [0.05, 0.1) is 18.9 Å². The molecular formula is C26H27NO3. The highest BCUT2D eigenvalue weighted by Crippen LogP contribution is 2.23. The van der Waals surface area contributed by atoms with E-state index in [1.807, 2.05) is 79.8 Å². The summed E-state index contributed by atoms with van der Waals surface area (Å²) in [6, 6.07) is 18.0. The number of benzene rings is 2. The molecule has 0 aliphatic heterocycles. The third-order valence-electron chi connectivity index (χ3n) is 4.62. The monoisotopic (exact) mass is 401 g/mol. The van der Waals surface area contributed by atoms with Crippen molar-refractivity contribution in [3.05, 3.63) is 102 Å². The number of aryl methyl sites for hydroxylation is 1. The van der Waals surface area contributed by atoms with Gasteiger partial charge in [0.15, 0.2) is 0 Å². The summed E-state index contributed by atoms with van der Waals surface area (Å²) in [5, 5.41) is 8.74. The highest BCUT2D eigenvalue weighted by Gasteiger charge is 2.11. The van der Waals surface area contributed by atoms with Crippen LogP contribution >= 0.6 is 0 Å². The van der Waals surface area contributed by atoms with E-state index in [-0.39, 0.29) is 6.61 Å². The van der Waals surface area contributed by atoms with Crippen LogP contribution in [0.5, 0.6) is 5.75 Å². The van der Waals surface area contributed by atoms with Gasteiger partial charge in [-0.3, -0.25) is 0 Å². The first-order chi connectivity index (χ1) is 14.7. The standard InChI is InChI=1S/C26H27NO3/c1-20(11-6-3-4-9-17-28)23-14-10-15-24(19-23)29-18-16-25-21(2)30-26(27-25)22-12-7-5-8-13-22/h3-15,19,28H,16-18H2,1-2H3/b6-3+,9-4+,20-11+. The molecule has 0 bridgehead atoms. The predicted molar refractivity (Wildman–Crippen MR) is 121 cm³/mol. The van der Waals surface area contributed by atoms with E-state index in [1.165, 1.54) is 0 Å². The van der Waals surface area contributed by atoms with Gasteiger partial charge in [0.2, 0.25) is 5.89 Å². The Bertz CT molecular complexity index is 1030. The molecule has 1 N–H and O–H groups in total. The quantitative estimate of drug-likeness (QED) is 0.462. The molecule has 2 aromatic carbocycles. The maximum atomic E-state index is 8.74. The van der Waals surface area contributed by atoms with E-state index in [4.69, 9.17) is 14.3 Å². The van der Waals surface area contributed by atoms with Crippen LogP contribution in [0.1, 0.15) is 23.9 Å². The second-order valence-electron chi connectivity index (χ2n) is 6.86. The predicted octanol–water partition coefficient (Wildman–Crippen LogP) is 5.78. The van der Waals surface area contributed by atoms with Crippen molar-refractivity contribution >= 4 is 5.57 Å². The Kier molecular flexibility index (Phi) is 7.81. The molecule has 0 amide bonds. The van der Waals surface area contributed by atoms with Crippen LogP contribution in [0.3, 0.4) is 0 Å². The maximum Gasteiger partial charge on any atom is 0.226 e. The molecule has 0 aliphatic carbocycles. The first-order valence-electron chi connectivity index (χ1n) is 10.0. The molecule has 0 fully saturated rings. The highest BCUT2D eigenvalue weighted by molar-refractivity contribution is 5.66. The minimum absolute atomic E-state index is 0.0495. The van der Waals surface area contributed by atoms with Crippen LogP contribution in [0, 0.1) is 6.92 Å². The van der Waals surface area contributed by atoms with Crippen molar-refractivity contribution in [3.63, 3.8) is 0 Å². The second-order valence-corrected chi connectivity index (χ2v) is 6.86. The maximum absolute atomic E-state index is 8.74. The number of aliphatic hydroxyl groups is 1. The van der Waals surface area contributed by atoms with Gasteiger partial charge in [-0.25, -0.2) is 4.98 Å². The van der Waals surface area contributed by atoms with Crippen molar-refractivity contribution in [2.75, 3.05) is 13.2 Å². The van der Waals surface area contributed by atoms with Gasteiger partial charge in [-0.05, 0) is 49.2 Å². The van der Waals surface area contributed by atoms with Crippen molar-refractivity contribution < 1.29 is 14.3 Å². The average Bonchev–Trinajstić information content (AvgIpc) is 3.15. The van der Waals surface area contributed by atoms with E-state index in [2.05, 4.69) is 18.0 Å². The molecule has 3 rings (SSSR count). The number of hydrogen-bond acceptors (Lipinski definition) is 4. The van der Waals surface area contributed by atoms with Crippen LogP contribution in [0.25, 0.3) is 17.0 Å². The van der Waals surface area contributed by atoms with Crippen molar-refractivity contribution in [3.8, 4) is 17.2 Å². The summed E-state index contributed by atoms with van der Waals surface area (Å²) in [5.74, 6) is 2.30. The molecule has 0 radical (unpaired) electrons. The van der Waals surface area contributed by atoms with Crippen LogP contribution < -0.4 is 4.74 Å². The minimum Gasteiger partial charge on any atom is -0.493 e. The van der Waals surface area contributed by atoms with Crippen LogP contribution in [-0.4, -0.2) is 23.3 Å². The van der Waals surface area contributed by atoms with E-state index in [0.29, 0.717) is 18.9 Å². The molecule has 0 atom stereocenters. The number of nitrogens with zero attached hydrogens (tertiary/aromatic N) is 1. The zero-order valence-corrected chi connectivity index (χ0v) is 17.4. The summed E-state index contributed by atoms with van der Waals surface area (Å²) in [4.78, 5) is 4.63. The van der Waals surface area contributed by atoms with E-state index in [0.717, 1.165) is 33.9 Å². The molecular weight excluding hydrogens is 374 g/mol. The lowest BCUT2D eigenvalue weighted by Crippen LogP contribution is -2.03. The molecule has 0 aliphatic rings. The molecule has 1 aromatic heterocycles. The molecule has 0 unspecified atom stereocenters. The molecule has 30 heavy (non-hydrogen) atoms. The summed E-state index contributed by atoms with van der Waals surface area (Å²) in [6.45, 7) is 4.57. The molecule has 0 saturated heterocycles. The van der Waals surface area contributed by atoms with Crippen molar-refractivity contribution in [2.45, 2.75) is 20.3 Å². The smallest absolute Gasteiger partial charge is 0.226 e. The SMILES string of the molecule is C\C(=C/C=C/C=C/CO)c1cccc(OCCc2nc(-c3ccccc3)oc2C)c1.